The molecule has 0 bridgehead atoms. The van der Waals surface area contributed by atoms with Gasteiger partial charge < -0.3 is 15.5 Å². The van der Waals surface area contributed by atoms with Crippen molar-refractivity contribution in [1.29, 1.82) is 0 Å². The highest BCUT2D eigenvalue weighted by Gasteiger charge is 2.47. The molecule has 2 atom stereocenters. The Morgan fingerprint density at radius 1 is 1.13 bits per heavy atom. The molecule has 4 amide bonds. The van der Waals surface area contributed by atoms with E-state index in [1.807, 2.05) is 42.5 Å². The molecule has 0 saturated carbocycles. The number of hydrogen-bond donors (Lipinski definition) is 2. The fourth-order valence-corrected chi connectivity index (χ4v) is 5.00. The minimum atomic E-state index is -0.858. The van der Waals surface area contributed by atoms with Crippen molar-refractivity contribution in [2.75, 3.05) is 13.1 Å². The van der Waals surface area contributed by atoms with Gasteiger partial charge in [-0.05, 0) is 35.4 Å². The van der Waals surface area contributed by atoms with Crippen LogP contribution in [0.2, 0.25) is 0 Å². The summed E-state index contributed by atoms with van der Waals surface area (Å²) < 4.78 is 14.1. The van der Waals surface area contributed by atoms with Crippen LogP contribution in [0.1, 0.15) is 22.9 Å². The molecule has 8 nitrogen and oxygen atoms in total. The number of amides is 4. The average Bonchev–Trinajstić information content (AvgIpc) is 3.29. The van der Waals surface area contributed by atoms with E-state index in [2.05, 4.69) is 22.2 Å². The van der Waals surface area contributed by atoms with Crippen molar-refractivity contribution in [3.8, 4) is 0 Å². The van der Waals surface area contributed by atoms with Gasteiger partial charge in [0.2, 0.25) is 5.91 Å². The topological polar surface area (TPSA) is 94.6 Å². The molecule has 39 heavy (non-hydrogen) atoms. The van der Waals surface area contributed by atoms with E-state index in [0.29, 0.717) is 22.5 Å². The van der Waals surface area contributed by atoms with Crippen LogP contribution in [-0.2, 0) is 22.6 Å². The molecular weight excluding hydrogens is 497 g/mol. The van der Waals surface area contributed by atoms with Crippen LogP contribution in [0, 0.1) is 5.82 Å². The second-order valence-corrected chi connectivity index (χ2v) is 9.37. The van der Waals surface area contributed by atoms with E-state index in [4.69, 9.17) is 0 Å². The molecule has 3 aromatic rings. The standard InChI is InChI=1S/C30H28FN5O3/c1-2-15-35-25-19-36(29(38)26(25)27(34-30(35)39)21-11-8-12-22(31)17-21)24(16-20-9-4-3-5-10-20)28(37)33-18-23-13-6-7-14-32-23/h2-14,17,24,27H,1,15-16,18-19H2,(H,33,37)(H,34,39)/t24-,27-/m1/s1. The van der Waals surface area contributed by atoms with E-state index in [-0.39, 0.29) is 37.9 Å². The first-order valence-electron chi connectivity index (χ1n) is 12.7. The molecule has 2 aliphatic heterocycles. The third-order valence-electron chi connectivity index (χ3n) is 6.86. The molecule has 9 heteroatoms. The van der Waals surface area contributed by atoms with Gasteiger partial charge in [0.15, 0.2) is 0 Å². The number of pyridine rings is 1. The van der Waals surface area contributed by atoms with E-state index in [1.54, 1.807) is 24.4 Å². The number of aromatic nitrogens is 1. The van der Waals surface area contributed by atoms with Crippen LogP contribution >= 0.6 is 0 Å². The van der Waals surface area contributed by atoms with Crippen molar-refractivity contribution in [2.45, 2.75) is 25.0 Å². The van der Waals surface area contributed by atoms with Crippen LogP contribution < -0.4 is 10.6 Å². The molecule has 0 unspecified atom stereocenters. The van der Waals surface area contributed by atoms with Crippen molar-refractivity contribution >= 4 is 17.8 Å². The number of carbonyl (C=O) groups excluding carboxylic acids is 3. The van der Waals surface area contributed by atoms with Crippen molar-refractivity contribution in [3.63, 3.8) is 0 Å². The number of halogens is 1. The Kier molecular flexibility index (Phi) is 7.49. The lowest BCUT2D eigenvalue weighted by molar-refractivity contribution is -0.136. The van der Waals surface area contributed by atoms with E-state index in [0.717, 1.165) is 5.56 Å². The maximum absolute atomic E-state index is 14.1. The quantitative estimate of drug-likeness (QED) is 0.418. The number of carbonyl (C=O) groups is 3. The smallest absolute Gasteiger partial charge is 0.322 e. The lowest BCUT2D eigenvalue weighted by Gasteiger charge is -2.33. The lowest BCUT2D eigenvalue weighted by atomic mass is 9.95. The van der Waals surface area contributed by atoms with Crippen molar-refractivity contribution < 1.29 is 18.8 Å². The summed E-state index contributed by atoms with van der Waals surface area (Å²) in [6.07, 6.45) is 3.49. The van der Waals surface area contributed by atoms with Crippen LogP contribution in [-0.4, -0.2) is 51.8 Å². The lowest BCUT2D eigenvalue weighted by Crippen LogP contribution is -2.49. The van der Waals surface area contributed by atoms with E-state index >= 15 is 0 Å². The van der Waals surface area contributed by atoms with Gasteiger partial charge in [-0.25, -0.2) is 9.18 Å². The van der Waals surface area contributed by atoms with Crippen LogP contribution in [0.4, 0.5) is 9.18 Å². The Morgan fingerprint density at radius 3 is 2.64 bits per heavy atom. The van der Waals surface area contributed by atoms with Gasteiger partial charge in [0.05, 0.1) is 36.1 Å². The molecule has 2 N–H and O–H groups in total. The normalized spacial score (nSPS) is 17.5. The minimum absolute atomic E-state index is 0.0513. The van der Waals surface area contributed by atoms with E-state index in [9.17, 15) is 18.8 Å². The molecule has 0 saturated heterocycles. The Hall–Kier alpha value is -4.79. The summed E-state index contributed by atoms with van der Waals surface area (Å²) in [5, 5.41) is 5.76. The van der Waals surface area contributed by atoms with Crippen LogP contribution in [0.5, 0.6) is 0 Å². The predicted octanol–water partition coefficient (Wildman–Crippen LogP) is 3.50. The van der Waals surface area contributed by atoms with Crippen LogP contribution in [0.15, 0.2) is 103 Å². The minimum Gasteiger partial charge on any atom is -0.349 e. The number of nitrogens with zero attached hydrogens (tertiary/aromatic N) is 3. The monoisotopic (exact) mass is 525 g/mol. The van der Waals surface area contributed by atoms with Crippen LogP contribution in [0.3, 0.4) is 0 Å². The first kappa shape index (κ1) is 25.8. The van der Waals surface area contributed by atoms with Crippen molar-refractivity contribution in [3.05, 3.63) is 126 Å². The first-order valence-corrected chi connectivity index (χ1v) is 12.7. The first-order chi connectivity index (χ1) is 19.0. The summed E-state index contributed by atoms with van der Waals surface area (Å²) in [6, 6.07) is 18.6. The molecule has 0 radical (unpaired) electrons. The Labute approximate surface area is 225 Å². The highest BCUT2D eigenvalue weighted by atomic mass is 19.1. The summed E-state index contributed by atoms with van der Waals surface area (Å²) in [6.45, 7) is 4.17. The molecule has 1 aromatic heterocycles. The largest absolute Gasteiger partial charge is 0.349 e. The summed E-state index contributed by atoms with van der Waals surface area (Å²) in [7, 11) is 0. The van der Waals surface area contributed by atoms with Crippen molar-refractivity contribution in [1.82, 2.24) is 25.4 Å². The molecule has 198 valence electrons. The SMILES string of the molecule is C=CCN1C(=O)N[C@H](c2cccc(F)c2)C2=C1CN([C@H](Cc1ccccc1)C(=O)NCc1ccccn1)C2=O. The van der Waals surface area contributed by atoms with Crippen molar-refractivity contribution in [2.24, 2.45) is 0 Å². The molecule has 0 spiro atoms. The Balaban J connectivity index is 1.49. The Morgan fingerprint density at radius 2 is 1.92 bits per heavy atom. The summed E-state index contributed by atoms with van der Waals surface area (Å²) in [5.74, 6) is -1.20. The number of benzene rings is 2. The molecule has 3 heterocycles. The Bertz CT molecular complexity index is 1430. The predicted molar refractivity (Wildman–Crippen MR) is 143 cm³/mol. The molecular formula is C30H28FN5O3. The van der Waals surface area contributed by atoms with Gasteiger partial charge in [0.1, 0.15) is 11.9 Å². The molecule has 2 aromatic carbocycles. The number of urea groups is 1. The zero-order valence-electron chi connectivity index (χ0n) is 21.2. The van der Waals surface area contributed by atoms with Crippen LogP contribution in [0.25, 0.3) is 0 Å². The average molecular weight is 526 g/mol. The highest BCUT2D eigenvalue weighted by Crippen LogP contribution is 2.37. The molecule has 5 rings (SSSR count). The maximum Gasteiger partial charge on any atom is 0.322 e. The number of nitrogens with one attached hydrogen (secondary N) is 2. The number of hydrogen-bond acceptors (Lipinski definition) is 4. The summed E-state index contributed by atoms with van der Waals surface area (Å²) in [4.78, 5) is 48.0. The van der Waals surface area contributed by atoms with E-state index < -0.39 is 23.9 Å². The summed E-state index contributed by atoms with van der Waals surface area (Å²) in [5.41, 5.74) is 2.81. The van der Waals surface area contributed by atoms with Gasteiger partial charge >= 0.3 is 6.03 Å². The maximum atomic E-state index is 14.1. The zero-order chi connectivity index (χ0) is 27.4. The molecule has 2 aliphatic rings. The third kappa shape index (κ3) is 5.43. The fourth-order valence-electron chi connectivity index (χ4n) is 5.00. The summed E-state index contributed by atoms with van der Waals surface area (Å²) >= 11 is 0. The van der Waals surface area contributed by atoms with Gasteiger partial charge in [-0.3, -0.25) is 19.5 Å². The third-order valence-corrected chi connectivity index (χ3v) is 6.86. The molecule has 0 fully saturated rings. The zero-order valence-corrected chi connectivity index (χ0v) is 21.2. The highest BCUT2D eigenvalue weighted by molar-refractivity contribution is 6.03. The van der Waals surface area contributed by atoms with Gasteiger partial charge in [0, 0.05) is 19.2 Å². The van der Waals surface area contributed by atoms with Gasteiger partial charge in [-0.1, -0.05) is 54.6 Å². The second-order valence-electron chi connectivity index (χ2n) is 9.37. The fraction of sp³-hybridized carbons (Fsp3) is 0.200. The van der Waals surface area contributed by atoms with Gasteiger partial charge in [-0.15, -0.1) is 6.58 Å². The second kappa shape index (κ2) is 11.3. The van der Waals surface area contributed by atoms with Gasteiger partial charge in [-0.2, -0.15) is 0 Å². The number of rotatable bonds is 9. The van der Waals surface area contributed by atoms with Gasteiger partial charge in [0.25, 0.3) is 5.91 Å². The molecule has 0 aliphatic carbocycles. The van der Waals surface area contributed by atoms with E-state index in [1.165, 1.54) is 28.0 Å².